The van der Waals surface area contributed by atoms with Crippen LogP contribution in [0.25, 0.3) is 0 Å². The largest absolute Gasteiger partial charge is 0.335 e. The van der Waals surface area contributed by atoms with E-state index in [1.54, 1.807) is 0 Å². The van der Waals surface area contributed by atoms with E-state index in [-0.39, 0.29) is 7.46 Å². The summed E-state index contributed by atoms with van der Waals surface area (Å²) in [5, 5.41) is 3.24. The van der Waals surface area contributed by atoms with Crippen molar-refractivity contribution in [3.63, 3.8) is 0 Å². The number of piperidine rings is 1. The first-order valence-corrected chi connectivity index (χ1v) is 8.74. The number of rotatable bonds is 4. The summed E-state index contributed by atoms with van der Waals surface area (Å²) >= 11 is 0. The van der Waals surface area contributed by atoms with Crippen LogP contribution >= 0.6 is 0 Å². The first kappa shape index (κ1) is 15.7. The first-order valence-electron chi connectivity index (χ1n) is 8.74. The second-order valence-electron chi connectivity index (χ2n) is 6.96. The Morgan fingerprint density at radius 3 is 2.45 bits per heavy atom. The van der Waals surface area contributed by atoms with Crippen LogP contribution in [0.15, 0.2) is 0 Å². The van der Waals surface area contributed by atoms with E-state index in [0.717, 1.165) is 24.9 Å². The lowest BCUT2D eigenvalue weighted by Gasteiger charge is -2.34. The van der Waals surface area contributed by atoms with Crippen molar-refractivity contribution in [2.24, 2.45) is 11.8 Å². The Kier molecular flexibility index (Phi) is 6.18. The summed E-state index contributed by atoms with van der Waals surface area (Å²) in [5.74, 6) is 1.67. The number of nitrogens with zero attached hydrogens (tertiary/aromatic N) is 1. The van der Waals surface area contributed by atoms with Crippen molar-refractivity contribution in [1.82, 2.24) is 10.2 Å². The molecule has 1 unspecified atom stereocenters. The lowest BCUT2D eigenvalue weighted by Crippen LogP contribution is -2.48. The van der Waals surface area contributed by atoms with E-state index in [1.165, 1.54) is 57.8 Å². The molecule has 1 aliphatic heterocycles. The Morgan fingerprint density at radius 1 is 1.20 bits per heavy atom. The van der Waals surface area contributed by atoms with E-state index < -0.39 is 0 Å². The van der Waals surface area contributed by atoms with Crippen molar-refractivity contribution in [2.45, 2.75) is 77.7 Å². The highest BCUT2D eigenvalue weighted by Gasteiger charge is 2.25. The van der Waals surface area contributed by atoms with Gasteiger partial charge in [0.25, 0.3) is 0 Å². The predicted octanol–water partition coefficient (Wildman–Crippen LogP) is 4.42. The van der Waals surface area contributed by atoms with Gasteiger partial charge in [-0.1, -0.05) is 39.5 Å². The molecule has 3 nitrogen and oxygen atoms in total. The SMILES string of the molecule is CCC(C)CC1CCN(C(=O)NC2CCCCC2)CC1.[HH]. The van der Waals surface area contributed by atoms with Crippen LogP contribution in [0, 0.1) is 11.8 Å². The monoisotopic (exact) mass is 282 g/mol. The van der Waals surface area contributed by atoms with Gasteiger partial charge >= 0.3 is 6.03 Å². The molecule has 2 rings (SSSR count). The molecular weight excluding hydrogens is 248 g/mol. The van der Waals surface area contributed by atoms with E-state index in [9.17, 15) is 4.79 Å². The fraction of sp³-hybridized carbons (Fsp3) is 0.941. The molecule has 2 fully saturated rings. The highest BCUT2D eigenvalue weighted by atomic mass is 16.2. The molecule has 1 saturated heterocycles. The number of urea groups is 1. The van der Waals surface area contributed by atoms with Gasteiger partial charge in [-0.25, -0.2) is 4.79 Å². The molecule has 0 bridgehead atoms. The van der Waals surface area contributed by atoms with Crippen LogP contribution in [0.2, 0.25) is 0 Å². The topological polar surface area (TPSA) is 32.3 Å². The third kappa shape index (κ3) is 4.68. The van der Waals surface area contributed by atoms with Gasteiger partial charge in [-0.2, -0.15) is 0 Å². The highest BCUT2D eigenvalue weighted by molar-refractivity contribution is 5.74. The second-order valence-corrected chi connectivity index (χ2v) is 6.96. The maximum Gasteiger partial charge on any atom is 0.317 e. The van der Waals surface area contributed by atoms with Gasteiger partial charge in [0, 0.05) is 20.6 Å². The third-order valence-electron chi connectivity index (χ3n) is 5.27. The number of hydrogen-bond acceptors (Lipinski definition) is 1. The van der Waals surface area contributed by atoms with Crippen LogP contribution in [0.4, 0.5) is 4.79 Å². The minimum absolute atomic E-state index is 0. The van der Waals surface area contributed by atoms with Crippen LogP contribution in [0.1, 0.15) is 73.1 Å². The molecule has 0 spiro atoms. The number of carbonyl (C=O) groups excluding carboxylic acids is 1. The minimum atomic E-state index is 0. The Morgan fingerprint density at radius 2 is 1.85 bits per heavy atom. The van der Waals surface area contributed by atoms with E-state index in [0.29, 0.717) is 6.04 Å². The summed E-state index contributed by atoms with van der Waals surface area (Å²) in [7, 11) is 0. The molecule has 20 heavy (non-hydrogen) atoms. The van der Waals surface area contributed by atoms with Gasteiger partial charge in [0.15, 0.2) is 0 Å². The average Bonchev–Trinajstić information content (AvgIpc) is 2.49. The first-order chi connectivity index (χ1) is 9.69. The molecule has 0 aromatic carbocycles. The Bertz CT molecular complexity index is 297. The Hall–Kier alpha value is -0.730. The van der Waals surface area contributed by atoms with Gasteiger partial charge in [0.2, 0.25) is 0 Å². The van der Waals surface area contributed by atoms with E-state index in [2.05, 4.69) is 19.2 Å². The zero-order chi connectivity index (χ0) is 14.4. The fourth-order valence-electron chi connectivity index (χ4n) is 3.62. The zero-order valence-electron chi connectivity index (χ0n) is 13.4. The summed E-state index contributed by atoms with van der Waals surface area (Å²) in [6.45, 7) is 6.54. The minimum Gasteiger partial charge on any atom is -0.335 e. The van der Waals surface area contributed by atoms with Gasteiger partial charge in [-0.05, 0) is 43.9 Å². The van der Waals surface area contributed by atoms with Crippen molar-refractivity contribution in [3.8, 4) is 0 Å². The van der Waals surface area contributed by atoms with Crippen LogP contribution in [-0.2, 0) is 0 Å². The average molecular weight is 282 g/mol. The van der Waals surface area contributed by atoms with Crippen molar-refractivity contribution in [2.75, 3.05) is 13.1 Å². The fourth-order valence-corrected chi connectivity index (χ4v) is 3.62. The molecule has 0 aromatic heterocycles. The van der Waals surface area contributed by atoms with Crippen molar-refractivity contribution >= 4 is 6.03 Å². The molecule has 1 atom stereocenters. The van der Waals surface area contributed by atoms with Crippen LogP contribution in [0.5, 0.6) is 0 Å². The third-order valence-corrected chi connectivity index (χ3v) is 5.27. The molecule has 3 heteroatoms. The smallest absolute Gasteiger partial charge is 0.317 e. The summed E-state index contributed by atoms with van der Waals surface area (Å²) < 4.78 is 0. The molecule has 1 heterocycles. The van der Waals surface area contributed by atoms with Crippen LogP contribution in [-0.4, -0.2) is 30.1 Å². The molecule has 2 amide bonds. The zero-order valence-corrected chi connectivity index (χ0v) is 13.4. The van der Waals surface area contributed by atoms with Crippen LogP contribution in [0.3, 0.4) is 0 Å². The number of likely N-dealkylation sites (tertiary alicyclic amines) is 1. The summed E-state index contributed by atoms with van der Waals surface area (Å²) in [6, 6.07) is 0.632. The molecule has 118 valence electrons. The second kappa shape index (κ2) is 7.90. The molecule has 1 saturated carbocycles. The van der Waals surface area contributed by atoms with Crippen molar-refractivity contribution < 1.29 is 6.22 Å². The lowest BCUT2D eigenvalue weighted by molar-refractivity contribution is 0.157. The molecule has 0 aromatic rings. The number of hydrogen-bond donors (Lipinski definition) is 1. The predicted molar refractivity (Wildman–Crippen MR) is 85.9 cm³/mol. The van der Waals surface area contributed by atoms with Gasteiger partial charge in [-0.3, -0.25) is 0 Å². The normalized spacial score (nSPS) is 23.6. The van der Waals surface area contributed by atoms with E-state index in [1.807, 2.05) is 4.90 Å². The molecule has 0 radical (unpaired) electrons. The summed E-state index contributed by atoms with van der Waals surface area (Å²) in [6.07, 6.45) is 11.3. The van der Waals surface area contributed by atoms with Gasteiger partial charge in [-0.15, -0.1) is 0 Å². The van der Waals surface area contributed by atoms with E-state index in [4.69, 9.17) is 0 Å². The quantitative estimate of drug-likeness (QED) is 0.813. The number of amides is 2. The highest BCUT2D eigenvalue weighted by Crippen LogP contribution is 2.25. The Labute approximate surface area is 126 Å². The maximum absolute atomic E-state index is 12.3. The number of nitrogens with one attached hydrogen (secondary N) is 1. The van der Waals surface area contributed by atoms with Gasteiger partial charge in [0.1, 0.15) is 0 Å². The van der Waals surface area contributed by atoms with Gasteiger partial charge < -0.3 is 10.2 Å². The molecule has 2 aliphatic rings. The standard InChI is InChI=1S/C17H32N2O.H2/c1-3-14(2)13-15-9-11-19(12-10-15)17(20)18-16-7-5-4-6-8-16;/h14-16H,3-13H2,1-2H3,(H,18,20);1H. The van der Waals surface area contributed by atoms with Crippen molar-refractivity contribution in [1.29, 1.82) is 0 Å². The summed E-state index contributed by atoms with van der Waals surface area (Å²) in [5.41, 5.74) is 0. The van der Waals surface area contributed by atoms with Crippen LogP contribution < -0.4 is 5.32 Å². The summed E-state index contributed by atoms with van der Waals surface area (Å²) in [4.78, 5) is 14.3. The Balaban J connectivity index is 0.00000220. The number of carbonyl (C=O) groups is 1. The molecule has 1 aliphatic carbocycles. The molecular formula is C17H34N2O. The maximum atomic E-state index is 12.3. The van der Waals surface area contributed by atoms with E-state index >= 15 is 0 Å². The molecule has 1 N–H and O–H groups in total. The lowest BCUT2D eigenvalue weighted by atomic mass is 9.87. The van der Waals surface area contributed by atoms with Crippen molar-refractivity contribution in [3.05, 3.63) is 0 Å². The van der Waals surface area contributed by atoms with Gasteiger partial charge in [0.05, 0.1) is 0 Å².